The lowest BCUT2D eigenvalue weighted by Crippen LogP contribution is -2.37. The molecule has 0 heterocycles. The van der Waals surface area contributed by atoms with Crippen LogP contribution in [0, 0.1) is 0 Å². The average Bonchev–Trinajstić information content (AvgIpc) is 2.69. The summed E-state index contributed by atoms with van der Waals surface area (Å²) >= 11 is 5.99. The largest absolute Gasteiger partial charge is 0.479 e. The maximum Gasteiger partial charge on any atom is 0.344 e. The first-order valence-corrected chi connectivity index (χ1v) is 10.0. The topological polar surface area (TPSA) is 78.8 Å². The van der Waals surface area contributed by atoms with Crippen LogP contribution in [0.1, 0.15) is 42.6 Å². The Hall–Kier alpha value is -2.08. The Balaban J connectivity index is 1.60. The number of benzene rings is 2. The number of rotatable bonds is 8. The van der Waals surface area contributed by atoms with Gasteiger partial charge in [-0.1, -0.05) is 36.7 Å². The summed E-state index contributed by atoms with van der Waals surface area (Å²) in [6, 6.07) is 13.3. The fourth-order valence-electron chi connectivity index (χ4n) is 3.56. The quantitative estimate of drug-likeness (QED) is 0.625. The van der Waals surface area contributed by atoms with Crippen molar-refractivity contribution in [2.75, 3.05) is 6.54 Å². The van der Waals surface area contributed by atoms with Crippen LogP contribution in [-0.2, 0) is 17.6 Å². The van der Waals surface area contributed by atoms with E-state index in [-0.39, 0.29) is 6.04 Å². The number of carboxylic acids is 1. The van der Waals surface area contributed by atoms with Gasteiger partial charge in [0.1, 0.15) is 5.75 Å². The van der Waals surface area contributed by atoms with Crippen molar-refractivity contribution in [3.63, 3.8) is 0 Å². The van der Waals surface area contributed by atoms with Crippen LogP contribution in [0.15, 0.2) is 42.5 Å². The highest BCUT2D eigenvalue weighted by Gasteiger charge is 2.22. The average molecular weight is 404 g/mol. The van der Waals surface area contributed by atoms with Crippen LogP contribution in [0.4, 0.5) is 0 Å². The lowest BCUT2D eigenvalue weighted by atomic mass is 9.88. The van der Waals surface area contributed by atoms with E-state index in [9.17, 15) is 15.0 Å². The third-order valence-electron chi connectivity index (χ3n) is 5.16. The van der Waals surface area contributed by atoms with E-state index in [1.54, 1.807) is 19.1 Å². The van der Waals surface area contributed by atoms with Gasteiger partial charge >= 0.3 is 5.97 Å². The zero-order chi connectivity index (χ0) is 20.1. The van der Waals surface area contributed by atoms with E-state index in [0.29, 0.717) is 23.7 Å². The van der Waals surface area contributed by atoms with Crippen LogP contribution in [-0.4, -0.2) is 34.9 Å². The lowest BCUT2D eigenvalue weighted by molar-refractivity contribution is -0.145. The summed E-state index contributed by atoms with van der Waals surface area (Å²) in [4.78, 5) is 11.2. The maximum absolute atomic E-state index is 11.2. The van der Waals surface area contributed by atoms with Gasteiger partial charge < -0.3 is 20.3 Å². The normalized spacial score (nSPS) is 18.2. The monoisotopic (exact) mass is 403 g/mol. The van der Waals surface area contributed by atoms with Gasteiger partial charge in [-0.25, -0.2) is 4.79 Å². The fourth-order valence-corrected chi connectivity index (χ4v) is 3.76. The molecule has 3 N–H and O–H groups in total. The molecule has 2 aromatic carbocycles. The van der Waals surface area contributed by atoms with E-state index in [2.05, 4.69) is 5.32 Å². The molecule has 0 aliphatic heterocycles. The number of ether oxygens (including phenoxy) is 1. The lowest BCUT2D eigenvalue weighted by Gasteiger charge is -2.27. The molecule has 6 heteroatoms. The molecule has 0 aromatic heterocycles. The molecule has 28 heavy (non-hydrogen) atoms. The van der Waals surface area contributed by atoms with Gasteiger partial charge in [-0.3, -0.25) is 0 Å². The number of carboxylic acid groups (broad SMARTS) is 1. The van der Waals surface area contributed by atoms with Crippen LogP contribution in [0.3, 0.4) is 0 Å². The van der Waals surface area contributed by atoms with Gasteiger partial charge in [0.15, 0.2) is 6.10 Å². The van der Waals surface area contributed by atoms with Crippen molar-refractivity contribution in [2.45, 2.75) is 50.9 Å². The van der Waals surface area contributed by atoms with Gasteiger partial charge in [-0.2, -0.15) is 0 Å². The van der Waals surface area contributed by atoms with Crippen molar-refractivity contribution in [1.82, 2.24) is 5.32 Å². The first kappa shape index (κ1) is 20.6. The minimum absolute atomic E-state index is 0.248. The minimum atomic E-state index is -0.949. The third kappa shape index (κ3) is 5.25. The summed E-state index contributed by atoms with van der Waals surface area (Å²) in [7, 11) is 0. The molecule has 3 atom stereocenters. The number of nitrogens with one attached hydrogen (secondary N) is 1. The van der Waals surface area contributed by atoms with Crippen LogP contribution < -0.4 is 10.1 Å². The summed E-state index contributed by atoms with van der Waals surface area (Å²) < 4.78 is 5.62. The summed E-state index contributed by atoms with van der Waals surface area (Å²) in [5, 5.41) is 23.6. The fraction of sp³-hybridized carbons (Fsp3) is 0.409. The zero-order valence-electron chi connectivity index (χ0n) is 15.9. The Labute approximate surface area is 170 Å². The molecule has 0 fully saturated rings. The number of aliphatic hydroxyl groups excluding tert-OH is 1. The zero-order valence-corrected chi connectivity index (χ0v) is 16.7. The Morgan fingerprint density at radius 1 is 1.29 bits per heavy atom. The molecule has 150 valence electrons. The summed E-state index contributed by atoms with van der Waals surface area (Å²) in [5.74, 6) is -0.359. The highest BCUT2D eigenvalue weighted by Crippen LogP contribution is 2.27. The van der Waals surface area contributed by atoms with E-state index in [1.165, 1.54) is 11.1 Å². The van der Waals surface area contributed by atoms with Crippen LogP contribution >= 0.6 is 11.6 Å². The van der Waals surface area contributed by atoms with E-state index < -0.39 is 18.2 Å². The molecule has 1 aliphatic carbocycles. The van der Waals surface area contributed by atoms with Gasteiger partial charge in [0.2, 0.25) is 0 Å². The minimum Gasteiger partial charge on any atom is -0.479 e. The van der Waals surface area contributed by atoms with Crippen molar-refractivity contribution in [1.29, 1.82) is 0 Å². The molecule has 2 aromatic rings. The molecule has 0 saturated heterocycles. The molecule has 0 saturated carbocycles. The molecule has 0 radical (unpaired) electrons. The van der Waals surface area contributed by atoms with Gasteiger partial charge in [-0.05, 0) is 66.6 Å². The molecule has 0 spiro atoms. The standard InChI is InChI=1S/C22H26ClNO4/c1-2-21(22(26)27)28-19-9-7-14-6-8-18(11-16(14)12-19)24-13-20(25)15-4-3-5-17(23)10-15/h3-5,7,9-10,12,18,20-21,24-25H,2,6,8,11,13H2,1H3,(H,26,27)/t18-,20-,21?/m0/s1. The Morgan fingerprint density at radius 3 is 2.82 bits per heavy atom. The van der Waals surface area contributed by atoms with Crippen LogP contribution in [0.5, 0.6) is 5.75 Å². The van der Waals surface area contributed by atoms with E-state index in [4.69, 9.17) is 16.3 Å². The van der Waals surface area contributed by atoms with Crippen LogP contribution in [0.2, 0.25) is 5.02 Å². The summed E-state index contributed by atoms with van der Waals surface area (Å²) in [6.07, 6.45) is 1.72. The summed E-state index contributed by atoms with van der Waals surface area (Å²) in [6.45, 7) is 2.25. The first-order chi connectivity index (χ1) is 13.5. The predicted molar refractivity (Wildman–Crippen MR) is 109 cm³/mol. The Kier molecular flexibility index (Phi) is 6.94. The van der Waals surface area contributed by atoms with Gasteiger partial charge in [-0.15, -0.1) is 0 Å². The number of hydrogen-bond acceptors (Lipinski definition) is 4. The first-order valence-electron chi connectivity index (χ1n) is 9.64. The molecule has 1 aliphatic rings. The number of fused-ring (bicyclic) bond motifs is 1. The van der Waals surface area contributed by atoms with Crippen molar-refractivity contribution in [2.24, 2.45) is 0 Å². The van der Waals surface area contributed by atoms with Crippen molar-refractivity contribution >= 4 is 17.6 Å². The van der Waals surface area contributed by atoms with Gasteiger partial charge in [0.25, 0.3) is 0 Å². The molecule has 5 nitrogen and oxygen atoms in total. The Morgan fingerprint density at radius 2 is 2.11 bits per heavy atom. The SMILES string of the molecule is CCC(Oc1ccc2c(c1)C[C@@H](NC[C@H](O)c1cccc(Cl)c1)CC2)C(=O)O. The number of halogens is 1. The summed E-state index contributed by atoms with van der Waals surface area (Å²) in [5.41, 5.74) is 3.23. The third-order valence-corrected chi connectivity index (χ3v) is 5.40. The second kappa shape index (κ2) is 9.41. The number of hydrogen-bond donors (Lipinski definition) is 3. The van der Waals surface area contributed by atoms with Crippen molar-refractivity contribution in [3.8, 4) is 5.75 Å². The molecule has 0 bridgehead atoms. The molecule has 1 unspecified atom stereocenters. The van der Waals surface area contributed by atoms with Crippen molar-refractivity contribution in [3.05, 3.63) is 64.2 Å². The second-order valence-corrected chi connectivity index (χ2v) is 7.64. The Bertz CT molecular complexity index is 826. The molecule has 0 amide bonds. The highest BCUT2D eigenvalue weighted by molar-refractivity contribution is 6.30. The van der Waals surface area contributed by atoms with Crippen LogP contribution in [0.25, 0.3) is 0 Å². The second-order valence-electron chi connectivity index (χ2n) is 7.20. The smallest absolute Gasteiger partial charge is 0.344 e. The van der Waals surface area contributed by atoms with Gasteiger partial charge in [0, 0.05) is 17.6 Å². The molecular weight excluding hydrogens is 378 g/mol. The van der Waals surface area contributed by atoms with E-state index >= 15 is 0 Å². The number of carbonyl (C=O) groups is 1. The van der Waals surface area contributed by atoms with Gasteiger partial charge in [0.05, 0.1) is 6.10 Å². The highest BCUT2D eigenvalue weighted by atomic mass is 35.5. The molecular formula is C22H26ClNO4. The number of aliphatic carboxylic acids is 1. The van der Waals surface area contributed by atoms with Crippen molar-refractivity contribution < 1.29 is 19.7 Å². The van der Waals surface area contributed by atoms with E-state index in [1.807, 2.05) is 30.3 Å². The predicted octanol–water partition coefficient (Wildman–Crippen LogP) is 3.76. The number of aryl methyl sites for hydroxylation is 1. The van der Waals surface area contributed by atoms with E-state index in [0.717, 1.165) is 24.8 Å². The number of aliphatic hydroxyl groups is 1. The maximum atomic E-state index is 11.2. The molecule has 3 rings (SSSR count).